The number of halogens is 1. The maximum absolute atomic E-state index is 12.3. The number of hydrogen-bond donors (Lipinski definition) is 2. The third-order valence-electron chi connectivity index (χ3n) is 4.02. The van der Waals surface area contributed by atoms with Crippen molar-refractivity contribution in [2.75, 3.05) is 32.8 Å². The van der Waals surface area contributed by atoms with Crippen molar-refractivity contribution in [2.45, 2.75) is 6.04 Å². The van der Waals surface area contributed by atoms with Crippen molar-refractivity contribution in [3.63, 3.8) is 0 Å². The average molecular weight is 378 g/mol. The second-order valence-corrected chi connectivity index (χ2v) is 6.43. The molecule has 1 amide bonds. The van der Waals surface area contributed by atoms with Crippen LogP contribution in [0.15, 0.2) is 47.1 Å². The van der Waals surface area contributed by atoms with Gasteiger partial charge in [-0.2, -0.15) is 0 Å². The number of hydrogen-bond acceptors (Lipinski definition) is 3. The van der Waals surface area contributed by atoms with E-state index in [0.717, 1.165) is 30.8 Å². The van der Waals surface area contributed by atoms with Gasteiger partial charge in [-0.15, -0.1) is 0 Å². The first-order valence-corrected chi connectivity index (χ1v) is 8.52. The minimum absolute atomic E-state index is 0.0927. The lowest BCUT2D eigenvalue weighted by Gasteiger charge is -2.34. The van der Waals surface area contributed by atoms with E-state index in [1.807, 2.05) is 18.2 Å². The van der Waals surface area contributed by atoms with Crippen LogP contribution in [-0.2, 0) is 4.74 Å². The predicted molar refractivity (Wildman–Crippen MR) is 92.4 cm³/mol. The Morgan fingerprint density at radius 3 is 2.70 bits per heavy atom. The highest BCUT2D eigenvalue weighted by Gasteiger charge is 2.23. The number of nitrogens with zero attached hydrogens (tertiary/aromatic N) is 1. The summed E-state index contributed by atoms with van der Waals surface area (Å²) in [5.74, 6) is -0.0927. The van der Waals surface area contributed by atoms with Crippen molar-refractivity contribution in [2.24, 2.45) is 0 Å². The van der Waals surface area contributed by atoms with Crippen molar-refractivity contribution in [3.8, 4) is 0 Å². The zero-order valence-electron chi connectivity index (χ0n) is 12.8. The van der Waals surface area contributed by atoms with Crippen molar-refractivity contribution < 1.29 is 9.53 Å². The van der Waals surface area contributed by atoms with Crippen molar-refractivity contribution in [1.29, 1.82) is 0 Å². The van der Waals surface area contributed by atoms with Gasteiger partial charge in [-0.3, -0.25) is 9.69 Å². The van der Waals surface area contributed by atoms with E-state index < -0.39 is 0 Å². The molecule has 1 aliphatic heterocycles. The van der Waals surface area contributed by atoms with Gasteiger partial charge in [0.15, 0.2) is 0 Å². The number of H-pyrrole nitrogens is 1. The van der Waals surface area contributed by atoms with E-state index in [1.54, 1.807) is 12.3 Å². The molecule has 0 saturated carbocycles. The number of carbonyl (C=O) groups excluding carboxylic acids is 1. The largest absolute Gasteiger partial charge is 0.379 e. The number of aromatic amines is 1. The van der Waals surface area contributed by atoms with Crippen LogP contribution in [-0.4, -0.2) is 48.6 Å². The smallest absolute Gasteiger partial charge is 0.267 e. The number of carbonyl (C=O) groups is 1. The van der Waals surface area contributed by atoms with Gasteiger partial charge in [0.1, 0.15) is 5.69 Å². The lowest BCUT2D eigenvalue weighted by Crippen LogP contribution is -2.43. The third-order valence-corrected chi connectivity index (χ3v) is 4.48. The minimum Gasteiger partial charge on any atom is -0.379 e. The standard InChI is InChI=1S/C17H20BrN3O2/c18-14-10-15(19-11-14)17(22)20-12-16(13-4-2-1-3-5-13)21-6-8-23-9-7-21/h1-5,10-11,16,19H,6-9,12H2,(H,20,22). The number of aromatic nitrogens is 1. The monoisotopic (exact) mass is 377 g/mol. The molecule has 0 radical (unpaired) electrons. The Morgan fingerprint density at radius 1 is 1.30 bits per heavy atom. The lowest BCUT2D eigenvalue weighted by atomic mass is 10.0. The van der Waals surface area contributed by atoms with E-state index >= 15 is 0 Å². The highest BCUT2D eigenvalue weighted by molar-refractivity contribution is 9.10. The molecule has 1 saturated heterocycles. The number of ether oxygens (including phenoxy) is 1. The summed E-state index contributed by atoms with van der Waals surface area (Å²) in [4.78, 5) is 17.6. The van der Waals surface area contributed by atoms with E-state index in [9.17, 15) is 4.79 Å². The fraction of sp³-hybridized carbons (Fsp3) is 0.353. The number of benzene rings is 1. The molecular weight excluding hydrogens is 358 g/mol. The molecule has 6 heteroatoms. The molecule has 5 nitrogen and oxygen atoms in total. The topological polar surface area (TPSA) is 57.4 Å². The Morgan fingerprint density at radius 2 is 2.04 bits per heavy atom. The summed E-state index contributed by atoms with van der Waals surface area (Å²) in [7, 11) is 0. The molecule has 2 aromatic rings. The molecule has 0 aliphatic carbocycles. The molecule has 1 aliphatic rings. The minimum atomic E-state index is -0.0927. The van der Waals surface area contributed by atoms with Crippen LogP contribution in [0.5, 0.6) is 0 Å². The molecule has 2 heterocycles. The number of amides is 1. The molecule has 1 aromatic carbocycles. The van der Waals surface area contributed by atoms with E-state index in [0.29, 0.717) is 12.2 Å². The maximum Gasteiger partial charge on any atom is 0.267 e. The fourth-order valence-electron chi connectivity index (χ4n) is 2.81. The summed E-state index contributed by atoms with van der Waals surface area (Å²) in [6.07, 6.45) is 1.76. The third kappa shape index (κ3) is 4.22. The normalized spacial score (nSPS) is 16.9. The summed E-state index contributed by atoms with van der Waals surface area (Å²) < 4.78 is 6.31. The Balaban J connectivity index is 1.69. The summed E-state index contributed by atoms with van der Waals surface area (Å²) in [6, 6.07) is 12.2. The van der Waals surface area contributed by atoms with Gasteiger partial charge in [0.05, 0.1) is 19.3 Å². The van der Waals surface area contributed by atoms with Crippen LogP contribution >= 0.6 is 15.9 Å². The van der Waals surface area contributed by atoms with Gasteiger partial charge in [0.2, 0.25) is 0 Å². The Labute approximate surface area is 144 Å². The van der Waals surface area contributed by atoms with Crippen molar-refractivity contribution >= 4 is 21.8 Å². The van der Waals surface area contributed by atoms with Gasteiger partial charge in [-0.05, 0) is 27.6 Å². The second-order valence-electron chi connectivity index (χ2n) is 5.52. The summed E-state index contributed by atoms with van der Waals surface area (Å²) >= 11 is 3.35. The maximum atomic E-state index is 12.3. The first kappa shape index (κ1) is 16.2. The van der Waals surface area contributed by atoms with Gasteiger partial charge in [-0.25, -0.2) is 0 Å². The van der Waals surface area contributed by atoms with Gasteiger partial charge >= 0.3 is 0 Å². The number of morpholine rings is 1. The van der Waals surface area contributed by atoms with Gasteiger partial charge in [0, 0.05) is 30.3 Å². The van der Waals surface area contributed by atoms with Crippen LogP contribution in [0.2, 0.25) is 0 Å². The highest BCUT2D eigenvalue weighted by atomic mass is 79.9. The van der Waals surface area contributed by atoms with Crippen LogP contribution in [0, 0.1) is 0 Å². The molecule has 122 valence electrons. The van der Waals surface area contributed by atoms with Crippen LogP contribution in [0.1, 0.15) is 22.1 Å². The van der Waals surface area contributed by atoms with Crippen molar-refractivity contribution in [3.05, 3.63) is 58.3 Å². The zero-order valence-corrected chi connectivity index (χ0v) is 14.4. The molecule has 0 spiro atoms. The Bertz CT molecular complexity index is 638. The zero-order chi connectivity index (χ0) is 16.1. The van der Waals surface area contributed by atoms with E-state index in [-0.39, 0.29) is 11.9 Å². The average Bonchev–Trinajstić information content (AvgIpc) is 3.03. The fourth-order valence-corrected chi connectivity index (χ4v) is 3.15. The molecule has 1 aromatic heterocycles. The van der Waals surface area contributed by atoms with E-state index in [1.165, 1.54) is 5.56 Å². The van der Waals surface area contributed by atoms with Gasteiger partial charge in [0.25, 0.3) is 5.91 Å². The van der Waals surface area contributed by atoms with Gasteiger partial charge < -0.3 is 15.0 Å². The van der Waals surface area contributed by atoms with Crippen LogP contribution in [0.4, 0.5) is 0 Å². The molecule has 0 bridgehead atoms. The van der Waals surface area contributed by atoms with Crippen LogP contribution in [0.3, 0.4) is 0 Å². The molecule has 1 fully saturated rings. The first-order valence-electron chi connectivity index (χ1n) is 7.73. The van der Waals surface area contributed by atoms with Crippen molar-refractivity contribution in [1.82, 2.24) is 15.2 Å². The first-order chi connectivity index (χ1) is 11.2. The Hall–Kier alpha value is -1.63. The second kappa shape index (κ2) is 7.77. The molecule has 23 heavy (non-hydrogen) atoms. The highest BCUT2D eigenvalue weighted by Crippen LogP contribution is 2.21. The SMILES string of the molecule is O=C(NCC(c1ccccc1)N1CCOCC1)c1cc(Br)c[nH]1. The lowest BCUT2D eigenvalue weighted by molar-refractivity contribution is 0.0162. The predicted octanol–water partition coefficient (Wildman–Crippen LogP) is 2.58. The van der Waals surface area contributed by atoms with Gasteiger partial charge in [-0.1, -0.05) is 30.3 Å². The molecule has 2 N–H and O–H groups in total. The Kier molecular flexibility index (Phi) is 5.48. The molecular formula is C17H20BrN3O2. The van der Waals surface area contributed by atoms with Crippen LogP contribution < -0.4 is 5.32 Å². The summed E-state index contributed by atoms with van der Waals surface area (Å²) in [5.41, 5.74) is 1.77. The number of rotatable bonds is 5. The summed E-state index contributed by atoms with van der Waals surface area (Å²) in [5, 5.41) is 3.03. The molecule has 1 atom stereocenters. The van der Waals surface area contributed by atoms with E-state index in [2.05, 4.69) is 43.3 Å². The van der Waals surface area contributed by atoms with Crippen LogP contribution in [0.25, 0.3) is 0 Å². The summed E-state index contributed by atoms with van der Waals surface area (Å²) in [6.45, 7) is 3.80. The number of nitrogens with one attached hydrogen (secondary N) is 2. The van der Waals surface area contributed by atoms with E-state index in [4.69, 9.17) is 4.74 Å². The molecule has 3 rings (SSSR count). The molecule has 1 unspecified atom stereocenters. The quantitative estimate of drug-likeness (QED) is 0.841.